The first-order valence-corrected chi connectivity index (χ1v) is 9.67. The van der Waals surface area contributed by atoms with Crippen LogP contribution >= 0.6 is 0 Å². The number of hydrogen-bond donors (Lipinski definition) is 0. The molecular formula is C24H19F3N2O2. The average Bonchev–Trinajstić information content (AvgIpc) is 3.15. The van der Waals surface area contributed by atoms with Gasteiger partial charge < -0.3 is 4.74 Å². The number of hydrogen-bond acceptors (Lipinski definition) is 4. The van der Waals surface area contributed by atoms with Gasteiger partial charge in [-0.1, -0.05) is 66.2 Å². The van der Waals surface area contributed by atoms with E-state index in [1.165, 1.54) is 0 Å². The van der Waals surface area contributed by atoms with E-state index in [1.54, 1.807) is 84.9 Å². The summed E-state index contributed by atoms with van der Waals surface area (Å²) in [5, 5.41) is 5.02. The van der Waals surface area contributed by atoms with Crippen LogP contribution in [0.25, 0.3) is 0 Å². The van der Waals surface area contributed by atoms with Crippen molar-refractivity contribution in [3.05, 3.63) is 102 Å². The van der Waals surface area contributed by atoms with Gasteiger partial charge in [0.25, 0.3) is 0 Å². The van der Waals surface area contributed by atoms with Crippen LogP contribution in [0.5, 0.6) is 0 Å². The molecule has 0 aliphatic carbocycles. The number of nitrogens with zero attached hydrogens (tertiary/aromatic N) is 2. The van der Waals surface area contributed by atoms with Gasteiger partial charge in [-0.05, 0) is 36.8 Å². The molecule has 3 aromatic carbocycles. The van der Waals surface area contributed by atoms with Gasteiger partial charge >= 0.3 is 12.1 Å². The largest absolute Gasteiger partial charge is 0.435 e. The van der Waals surface area contributed by atoms with E-state index in [9.17, 15) is 18.0 Å². The number of halogens is 3. The molecule has 2 atom stereocenters. The summed E-state index contributed by atoms with van der Waals surface area (Å²) < 4.78 is 47.7. The number of para-hydroxylation sites is 1. The normalized spacial score (nSPS) is 18.6. The van der Waals surface area contributed by atoms with E-state index in [1.807, 2.05) is 6.92 Å². The molecule has 1 aliphatic rings. The lowest BCUT2D eigenvalue weighted by Gasteiger charge is -2.28. The molecular weight excluding hydrogens is 405 g/mol. The highest BCUT2D eigenvalue weighted by Crippen LogP contribution is 2.41. The number of carbonyl (C=O) groups is 1. The minimum atomic E-state index is -4.70. The third kappa shape index (κ3) is 4.30. The summed E-state index contributed by atoms with van der Waals surface area (Å²) in [5.74, 6) is -2.02. The SMILES string of the molecule is Cc1ccc(C2C(C(F)(F)F)=NN(c3ccccc3)C2OC(=O)c2ccccc2)cc1. The second kappa shape index (κ2) is 8.26. The molecule has 4 rings (SSSR count). The van der Waals surface area contributed by atoms with Gasteiger partial charge in [-0.25, -0.2) is 9.80 Å². The van der Waals surface area contributed by atoms with Crippen LogP contribution in [0.1, 0.15) is 27.4 Å². The Hall–Kier alpha value is -3.61. The first-order chi connectivity index (χ1) is 14.8. The van der Waals surface area contributed by atoms with Crippen molar-refractivity contribution in [3.8, 4) is 0 Å². The third-order valence-electron chi connectivity index (χ3n) is 5.02. The van der Waals surface area contributed by atoms with E-state index in [0.29, 0.717) is 11.3 Å². The minimum absolute atomic E-state index is 0.249. The van der Waals surface area contributed by atoms with Crippen molar-refractivity contribution in [1.82, 2.24) is 0 Å². The van der Waals surface area contributed by atoms with E-state index >= 15 is 0 Å². The summed E-state index contributed by atoms with van der Waals surface area (Å²) in [6.07, 6.45) is -5.99. The molecule has 1 aliphatic heterocycles. The second-order valence-electron chi connectivity index (χ2n) is 7.21. The Balaban J connectivity index is 1.80. The molecule has 0 bridgehead atoms. The summed E-state index contributed by atoms with van der Waals surface area (Å²) in [5.41, 5.74) is 0.908. The first-order valence-electron chi connectivity index (χ1n) is 9.67. The molecule has 0 saturated carbocycles. The maximum Gasteiger partial charge on any atom is 0.432 e. The van der Waals surface area contributed by atoms with Crippen LogP contribution in [0, 0.1) is 6.92 Å². The van der Waals surface area contributed by atoms with E-state index < -0.39 is 30.0 Å². The molecule has 31 heavy (non-hydrogen) atoms. The third-order valence-corrected chi connectivity index (χ3v) is 5.02. The van der Waals surface area contributed by atoms with Gasteiger partial charge in [0.2, 0.25) is 6.23 Å². The Bertz CT molecular complexity index is 1080. The van der Waals surface area contributed by atoms with Gasteiger partial charge in [0.15, 0.2) is 5.71 Å². The van der Waals surface area contributed by atoms with E-state index in [-0.39, 0.29) is 5.56 Å². The Kier molecular flexibility index (Phi) is 5.50. The molecule has 1 heterocycles. The number of ether oxygens (including phenoxy) is 1. The second-order valence-corrected chi connectivity index (χ2v) is 7.21. The molecule has 2 unspecified atom stereocenters. The molecule has 0 saturated heterocycles. The first kappa shape index (κ1) is 20.7. The predicted molar refractivity (Wildman–Crippen MR) is 112 cm³/mol. The molecule has 7 heteroatoms. The summed E-state index contributed by atoms with van der Waals surface area (Å²) in [6.45, 7) is 1.85. The Labute approximate surface area is 177 Å². The molecule has 0 aromatic heterocycles. The number of carbonyl (C=O) groups excluding carboxylic acids is 1. The molecule has 0 fully saturated rings. The van der Waals surface area contributed by atoms with Gasteiger partial charge in [0, 0.05) is 0 Å². The van der Waals surface area contributed by atoms with Crippen molar-refractivity contribution in [2.45, 2.75) is 25.2 Å². The van der Waals surface area contributed by atoms with Crippen molar-refractivity contribution in [2.75, 3.05) is 5.01 Å². The molecule has 0 amide bonds. The van der Waals surface area contributed by atoms with Crippen LogP contribution in [-0.2, 0) is 4.74 Å². The maximum atomic E-state index is 14.0. The van der Waals surface area contributed by atoms with Gasteiger partial charge in [-0.2, -0.15) is 18.3 Å². The number of alkyl halides is 3. The van der Waals surface area contributed by atoms with Crippen LogP contribution in [0.15, 0.2) is 90.0 Å². The topological polar surface area (TPSA) is 41.9 Å². The van der Waals surface area contributed by atoms with Crippen LogP contribution < -0.4 is 5.01 Å². The molecule has 4 nitrogen and oxygen atoms in total. The van der Waals surface area contributed by atoms with Crippen LogP contribution in [0.3, 0.4) is 0 Å². The zero-order valence-corrected chi connectivity index (χ0v) is 16.6. The summed E-state index contributed by atoms with van der Waals surface area (Å²) >= 11 is 0. The van der Waals surface area contributed by atoms with Crippen molar-refractivity contribution in [3.63, 3.8) is 0 Å². The van der Waals surface area contributed by atoms with Gasteiger partial charge in [0.1, 0.15) is 0 Å². The smallest absolute Gasteiger partial charge is 0.432 e. The summed E-state index contributed by atoms with van der Waals surface area (Å²) in [6, 6.07) is 23.2. The molecule has 0 spiro atoms. The molecule has 0 radical (unpaired) electrons. The maximum absolute atomic E-state index is 14.0. The monoisotopic (exact) mass is 424 g/mol. The standard InChI is InChI=1S/C24H19F3N2O2/c1-16-12-14-17(15-13-16)20-21(24(25,26)27)28-29(19-10-6-3-7-11-19)22(20)31-23(30)18-8-4-2-5-9-18/h2-15,20,22H,1H3. The number of esters is 1. The Morgan fingerprint density at radius 2 is 1.48 bits per heavy atom. The lowest BCUT2D eigenvalue weighted by molar-refractivity contribution is -0.0622. The van der Waals surface area contributed by atoms with E-state index in [2.05, 4.69) is 5.10 Å². The average molecular weight is 424 g/mol. The highest BCUT2D eigenvalue weighted by Gasteiger charge is 2.52. The summed E-state index contributed by atoms with van der Waals surface area (Å²) in [7, 11) is 0. The van der Waals surface area contributed by atoms with Crippen LogP contribution in [-0.4, -0.2) is 24.1 Å². The molecule has 0 N–H and O–H groups in total. The lowest BCUT2D eigenvalue weighted by Crippen LogP contribution is -2.39. The number of benzene rings is 3. The fourth-order valence-corrected chi connectivity index (χ4v) is 3.50. The number of anilines is 1. The van der Waals surface area contributed by atoms with Crippen molar-refractivity contribution in [2.24, 2.45) is 5.10 Å². The minimum Gasteiger partial charge on any atom is -0.435 e. The lowest BCUT2D eigenvalue weighted by atomic mass is 9.91. The van der Waals surface area contributed by atoms with E-state index in [4.69, 9.17) is 4.74 Å². The summed E-state index contributed by atoms with van der Waals surface area (Å²) in [4.78, 5) is 12.8. The number of rotatable bonds is 4. The zero-order chi connectivity index (χ0) is 22.0. The van der Waals surface area contributed by atoms with Gasteiger partial charge in [-0.3, -0.25) is 0 Å². The van der Waals surface area contributed by atoms with Crippen LogP contribution in [0.4, 0.5) is 18.9 Å². The van der Waals surface area contributed by atoms with Crippen molar-refractivity contribution < 1.29 is 22.7 Å². The highest BCUT2D eigenvalue weighted by molar-refractivity contribution is 6.00. The zero-order valence-electron chi connectivity index (χ0n) is 16.6. The fraction of sp³-hybridized carbons (Fsp3) is 0.167. The Morgan fingerprint density at radius 1 is 0.903 bits per heavy atom. The van der Waals surface area contributed by atoms with Crippen LogP contribution in [0.2, 0.25) is 0 Å². The van der Waals surface area contributed by atoms with Crippen molar-refractivity contribution >= 4 is 17.4 Å². The van der Waals surface area contributed by atoms with E-state index in [0.717, 1.165) is 10.6 Å². The number of aryl methyl sites for hydroxylation is 1. The number of hydrazone groups is 1. The van der Waals surface area contributed by atoms with Crippen molar-refractivity contribution in [1.29, 1.82) is 0 Å². The fourth-order valence-electron chi connectivity index (χ4n) is 3.50. The Morgan fingerprint density at radius 3 is 2.06 bits per heavy atom. The van der Waals surface area contributed by atoms with Gasteiger partial charge in [-0.15, -0.1) is 0 Å². The predicted octanol–water partition coefficient (Wildman–Crippen LogP) is 5.70. The molecule has 3 aromatic rings. The quantitative estimate of drug-likeness (QED) is 0.505. The van der Waals surface area contributed by atoms with Gasteiger partial charge in [0.05, 0.1) is 17.2 Å². The highest BCUT2D eigenvalue weighted by atomic mass is 19.4. The molecule has 158 valence electrons.